The zero-order valence-electron chi connectivity index (χ0n) is 19.1. The van der Waals surface area contributed by atoms with Crippen molar-refractivity contribution in [2.75, 3.05) is 56.5 Å². The number of H-pyrrole nitrogens is 1. The van der Waals surface area contributed by atoms with Gasteiger partial charge in [0.2, 0.25) is 5.95 Å². The Morgan fingerprint density at radius 2 is 2.06 bits per heavy atom. The second kappa shape index (κ2) is 8.38. The summed E-state index contributed by atoms with van der Waals surface area (Å²) >= 11 is 1.55. The third-order valence-corrected chi connectivity index (χ3v) is 8.47. The van der Waals surface area contributed by atoms with Crippen molar-refractivity contribution in [3.8, 4) is 10.6 Å². The molecule has 5 heterocycles. The van der Waals surface area contributed by atoms with Crippen molar-refractivity contribution in [1.29, 1.82) is 0 Å². The molecule has 3 aromatic rings. The molecule has 3 saturated heterocycles. The molecule has 0 bridgehead atoms. The van der Waals surface area contributed by atoms with Gasteiger partial charge < -0.3 is 20.4 Å². The maximum Gasteiger partial charge on any atom is 0.264 e. The highest BCUT2D eigenvalue weighted by Crippen LogP contribution is 2.40. The first kappa shape index (κ1) is 21.1. The van der Waals surface area contributed by atoms with E-state index >= 15 is 0 Å². The monoisotopic (exact) mass is 465 g/mol. The topological polar surface area (TPSA) is 89.2 Å². The lowest BCUT2D eigenvalue weighted by molar-refractivity contribution is 0.312. The van der Waals surface area contributed by atoms with Crippen molar-refractivity contribution in [2.24, 2.45) is 5.41 Å². The molecule has 3 fully saturated rings. The van der Waals surface area contributed by atoms with E-state index in [9.17, 15) is 4.79 Å². The maximum atomic E-state index is 13.5. The number of thiazole rings is 1. The summed E-state index contributed by atoms with van der Waals surface area (Å²) in [6, 6.07) is 8.28. The predicted molar refractivity (Wildman–Crippen MR) is 134 cm³/mol. The van der Waals surface area contributed by atoms with Crippen molar-refractivity contribution >= 4 is 33.3 Å². The van der Waals surface area contributed by atoms with Gasteiger partial charge in [0.25, 0.3) is 5.56 Å². The molecule has 0 saturated carbocycles. The van der Waals surface area contributed by atoms with E-state index in [1.54, 1.807) is 11.3 Å². The summed E-state index contributed by atoms with van der Waals surface area (Å²) in [4.78, 5) is 31.1. The number of nitrogens with one attached hydrogen (secondary N) is 3. The normalized spacial score (nSPS) is 26.0. The van der Waals surface area contributed by atoms with Crippen LogP contribution in [0.2, 0.25) is 0 Å². The quantitative estimate of drug-likeness (QED) is 0.546. The van der Waals surface area contributed by atoms with E-state index in [-0.39, 0.29) is 11.6 Å². The van der Waals surface area contributed by atoms with Gasteiger partial charge in [-0.1, -0.05) is 12.1 Å². The van der Waals surface area contributed by atoms with Gasteiger partial charge in [-0.2, -0.15) is 4.98 Å². The lowest BCUT2D eigenvalue weighted by atomic mass is 9.86. The number of nitrogens with zero attached hydrogens (tertiary/aromatic N) is 4. The molecule has 3 aliphatic heterocycles. The van der Waals surface area contributed by atoms with Gasteiger partial charge in [-0.15, -0.1) is 11.3 Å². The molecule has 9 heteroatoms. The lowest BCUT2D eigenvalue weighted by Gasteiger charge is -2.27. The first-order valence-corrected chi connectivity index (χ1v) is 12.8. The molecule has 174 valence electrons. The van der Waals surface area contributed by atoms with Crippen LogP contribution < -0.4 is 21.1 Å². The van der Waals surface area contributed by atoms with Crippen LogP contribution in [0.3, 0.4) is 0 Å². The summed E-state index contributed by atoms with van der Waals surface area (Å²) < 4.78 is 1.08. The van der Waals surface area contributed by atoms with Gasteiger partial charge in [-0.25, -0.2) is 4.98 Å². The predicted octanol–water partition coefficient (Wildman–Crippen LogP) is 2.74. The Labute approximate surface area is 197 Å². The van der Waals surface area contributed by atoms with Crippen molar-refractivity contribution in [3.05, 3.63) is 34.6 Å². The Hall–Kier alpha value is -2.49. The average molecular weight is 466 g/mol. The summed E-state index contributed by atoms with van der Waals surface area (Å²) in [5.41, 5.74) is 1.67. The summed E-state index contributed by atoms with van der Waals surface area (Å²) in [5.74, 6) is 1.34. The lowest BCUT2D eigenvalue weighted by Crippen LogP contribution is -2.39. The fourth-order valence-corrected chi connectivity index (χ4v) is 6.68. The third-order valence-electron chi connectivity index (χ3n) is 7.42. The van der Waals surface area contributed by atoms with Gasteiger partial charge in [0.15, 0.2) is 0 Å². The van der Waals surface area contributed by atoms with Crippen molar-refractivity contribution in [1.82, 2.24) is 25.2 Å². The Morgan fingerprint density at radius 1 is 1.18 bits per heavy atom. The van der Waals surface area contributed by atoms with Crippen LogP contribution in [0.5, 0.6) is 0 Å². The van der Waals surface area contributed by atoms with E-state index in [2.05, 4.69) is 32.5 Å². The molecule has 3 N–H and O–H groups in total. The number of piperidine rings is 1. The van der Waals surface area contributed by atoms with Crippen molar-refractivity contribution in [3.63, 3.8) is 0 Å². The number of likely N-dealkylation sites (tertiary alicyclic amines) is 1. The summed E-state index contributed by atoms with van der Waals surface area (Å²) in [5, 5.41) is 7.78. The zero-order valence-corrected chi connectivity index (χ0v) is 19.9. The van der Waals surface area contributed by atoms with Crippen molar-refractivity contribution < 1.29 is 0 Å². The van der Waals surface area contributed by atoms with Crippen LogP contribution in [0.25, 0.3) is 20.8 Å². The Morgan fingerprint density at radius 3 is 2.85 bits per heavy atom. The number of fused-ring (bicyclic) bond motifs is 1. The number of aromatic amines is 1. The highest BCUT2D eigenvalue weighted by atomic mass is 32.1. The molecule has 3 aliphatic rings. The van der Waals surface area contributed by atoms with Gasteiger partial charge in [0, 0.05) is 37.6 Å². The minimum atomic E-state index is -0.116. The largest absolute Gasteiger partial charge is 0.365 e. The highest BCUT2D eigenvalue weighted by Gasteiger charge is 2.43. The standard InChI is InChI=1S/C24H31N7OS/c1-30-11-8-24(14-30)9-12-31(15-24)23-28-20(26-16-5-4-10-25-13-16)19(21(32)29-23)22-27-17-6-2-3-7-18(17)33-22/h2-3,6-7,16,25H,4-5,8-15H2,1H3,(H2,26,28,29,32). The number of anilines is 2. The molecule has 0 radical (unpaired) electrons. The first-order valence-electron chi connectivity index (χ1n) is 12.0. The summed E-state index contributed by atoms with van der Waals surface area (Å²) in [6.45, 7) is 6.07. The van der Waals surface area contributed by atoms with E-state index in [4.69, 9.17) is 9.97 Å². The SMILES string of the molecule is CN1CCC2(CCN(c3nc(NC4CCCNC4)c(-c4nc5ccccc5s4)c(=O)[nH]3)C2)C1. The molecule has 1 aromatic carbocycles. The second-order valence-electron chi connectivity index (χ2n) is 9.95. The highest BCUT2D eigenvalue weighted by molar-refractivity contribution is 7.21. The second-order valence-corrected chi connectivity index (χ2v) is 11.0. The zero-order chi connectivity index (χ0) is 22.4. The number of para-hydroxylation sites is 1. The van der Waals surface area contributed by atoms with Crippen LogP contribution in [-0.2, 0) is 0 Å². The van der Waals surface area contributed by atoms with E-state index in [0.717, 1.165) is 73.8 Å². The summed E-state index contributed by atoms with van der Waals surface area (Å²) in [7, 11) is 2.20. The van der Waals surface area contributed by atoms with Crippen LogP contribution in [0.1, 0.15) is 25.7 Å². The fraction of sp³-hybridized carbons (Fsp3) is 0.542. The van der Waals surface area contributed by atoms with Crippen molar-refractivity contribution in [2.45, 2.75) is 31.7 Å². The van der Waals surface area contributed by atoms with Gasteiger partial charge in [-0.3, -0.25) is 9.78 Å². The van der Waals surface area contributed by atoms with E-state index < -0.39 is 0 Å². The van der Waals surface area contributed by atoms with Gasteiger partial charge in [0.1, 0.15) is 16.4 Å². The van der Waals surface area contributed by atoms with Gasteiger partial charge >= 0.3 is 0 Å². The molecular formula is C24H31N7OS. The van der Waals surface area contributed by atoms with Gasteiger partial charge in [0.05, 0.1) is 10.2 Å². The Bertz CT molecular complexity index is 1180. The molecule has 33 heavy (non-hydrogen) atoms. The Kier molecular flexibility index (Phi) is 5.35. The van der Waals surface area contributed by atoms with Crippen LogP contribution in [0.4, 0.5) is 11.8 Å². The van der Waals surface area contributed by atoms with Crippen LogP contribution in [0.15, 0.2) is 29.1 Å². The van der Waals surface area contributed by atoms with Crippen LogP contribution >= 0.6 is 11.3 Å². The number of benzene rings is 1. The number of hydrogen-bond acceptors (Lipinski definition) is 8. The average Bonchev–Trinajstić information content (AvgIpc) is 3.52. The molecule has 2 atom stereocenters. The van der Waals surface area contributed by atoms with E-state index in [1.807, 2.05) is 24.3 Å². The molecule has 2 aromatic heterocycles. The molecule has 0 aliphatic carbocycles. The minimum absolute atomic E-state index is 0.116. The molecule has 0 amide bonds. The molecular weight excluding hydrogens is 434 g/mol. The fourth-order valence-electron chi connectivity index (χ4n) is 5.67. The van der Waals surface area contributed by atoms with Crippen LogP contribution in [0, 0.1) is 5.41 Å². The van der Waals surface area contributed by atoms with Crippen LogP contribution in [-0.4, -0.2) is 72.2 Å². The van der Waals surface area contributed by atoms with E-state index in [1.165, 1.54) is 6.42 Å². The van der Waals surface area contributed by atoms with Gasteiger partial charge in [-0.05, 0) is 58.0 Å². The molecule has 6 rings (SSSR count). The number of aromatic nitrogens is 3. The number of rotatable bonds is 4. The first-order chi connectivity index (χ1) is 16.1. The molecule has 1 spiro atoms. The smallest absolute Gasteiger partial charge is 0.264 e. The van der Waals surface area contributed by atoms with E-state index in [0.29, 0.717) is 22.7 Å². The number of hydrogen-bond donors (Lipinski definition) is 3. The molecule has 2 unspecified atom stereocenters. The Balaban J connectivity index is 1.38. The molecule has 8 nitrogen and oxygen atoms in total. The minimum Gasteiger partial charge on any atom is -0.365 e. The maximum absolute atomic E-state index is 13.5. The third kappa shape index (κ3) is 4.02. The summed E-state index contributed by atoms with van der Waals surface area (Å²) in [6.07, 6.45) is 4.55.